The van der Waals surface area contributed by atoms with E-state index in [0.29, 0.717) is 6.54 Å². The number of aromatic nitrogens is 1. The summed E-state index contributed by atoms with van der Waals surface area (Å²) in [5.74, 6) is 0. The fourth-order valence-corrected chi connectivity index (χ4v) is 4.10. The topological polar surface area (TPSA) is 54.0 Å². The molecule has 0 saturated carbocycles. The zero-order valence-electron chi connectivity index (χ0n) is 15.8. The smallest absolute Gasteiger partial charge is 0.319 e. The summed E-state index contributed by atoms with van der Waals surface area (Å²) >= 11 is 1.68. The van der Waals surface area contributed by atoms with E-state index in [9.17, 15) is 4.79 Å². The fourth-order valence-electron chi connectivity index (χ4n) is 3.03. The van der Waals surface area contributed by atoms with Crippen molar-refractivity contribution in [3.05, 3.63) is 83.4 Å². The Morgan fingerprint density at radius 2 is 1.75 bits per heavy atom. The van der Waals surface area contributed by atoms with Gasteiger partial charge in [0.05, 0.1) is 10.2 Å². The molecular formula is C23H21N3OS. The first-order chi connectivity index (χ1) is 13.6. The average molecular weight is 388 g/mol. The molecule has 0 spiro atoms. The van der Waals surface area contributed by atoms with Crippen molar-refractivity contribution in [3.63, 3.8) is 0 Å². The van der Waals surface area contributed by atoms with Crippen molar-refractivity contribution in [2.45, 2.75) is 20.4 Å². The Hall–Kier alpha value is -3.18. The first kappa shape index (κ1) is 18.2. The van der Waals surface area contributed by atoms with Crippen LogP contribution >= 0.6 is 11.3 Å². The van der Waals surface area contributed by atoms with E-state index in [1.807, 2.05) is 49.4 Å². The highest BCUT2D eigenvalue weighted by Crippen LogP contribution is 2.31. The van der Waals surface area contributed by atoms with Crippen LogP contribution in [0, 0.1) is 13.8 Å². The van der Waals surface area contributed by atoms with Gasteiger partial charge in [0.25, 0.3) is 0 Å². The van der Waals surface area contributed by atoms with E-state index < -0.39 is 0 Å². The minimum Gasteiger partial charge on any atom is -0.334 e. The van der Waals surface area contributed by atoms with Crippen LogP contribution in [-0.2, 0) is 6.54 Å². The molecule has 28 heavy (non-hydrogen) atoms. The lowest BCUT2D eigenvalue weighted by molar-refractivity contribution is 0.251. The molecule has 0 aliphatic rings. The van der Waals surface area contributed by atoms with Gasteiger partial charge in [-0.1, -0.05) is 35.9 Å². The number of thiazole rings is 1. The summed E-state index contributed by atoms with van der Waals surface area (Å²) in [5.41, 5.74) is 6.31. The van der Waals surface area contributed by atoms with Gasteiger partial charge < -0.3 is 10.6 Å². The molecule has 2 N–H and O–H groups in total. The maximum atomic E-state index is 12.1. The number of hydrogen-bond acceptors (Lipinski definition) is 3. The number of carbonyl (C=O) groups is 1. The van der Waals surface area contributed by atoms with E-state index in [0.717, 1.165) is 27.3 Å². The summed E-state index contributed by atoms with van der Waals surface area (Å²) in [5, 5.41) is 6.74. The lowest BCUT2D eigenvalue weighted by atomic mass is 10.1. The zero-order chi connectivity index (χ0) is 19.5. The van der Waals surface area contributed by atoms with Gasteiger partial charge in [-0.25, -0.2) is 9.78 Å². The van der Waals surface area contributed by atoms with Crippen molar-refractivity contribution < 1.29 is 4.79 Å². The number of amides is 2. The number of nitrogens with one attached hydrogen (secondary N) is 2. The van der Waals surface area contributed by atoms with Crippen LogP contribution in [0.15, 0.2) is 66.7 Å². The van der Waals surface area contributed by atoms with Crippen LogP contribution < -0.4 is 10.6 Å². The minimum absolute atomic E-state index is 0.218. The second-order valence-electron chi connectivity index (χ2n) is 6.86. The maximum Gasteiger partial charge on any atom is 0.319 e. The number of benzene rings is 3. The van der Waals surface area contributed by atoms with Gasteiger partial charge in [0, 0.05) is 17.8 Å². The molecule has 1 aromatic heterocycles. The standard InChI is InChI=1S/C23H21N3OS/c1-15-4-3-5-17(12-15)14-24-23(27)25-19-9-7-18(8-10-19)22-26-20-11-6-16(2)13-21(20)28-22/h3-13H,14H2,1-2H3,(H2,24,25,27). The van der Waals surface area contributed by atoms with Crippen molar-refractivity contribution in [2.75, 3.05) is 5.32 Å². The summed E-state index contributed by atoms with van der Waals surface area (Å²) in [4.78, 5) is 16.8. The van der Waals surface area contributed by atoms with Crippen LogP contribution in [-0.4, -0.2) is 11.0 Å². The Morgan fingerprint density at radius 3 is 2.54 bits per heavy atom. The van der Waals surface area contributed by atoms with Crippen LogP contribution in [0.1, 0.15) is 16.7 Å². The summed E-state index contributed by atoms with van der Waals surface area (Å²) < 4.78 is 1.19. The number of nitrogens with zero attached hydrogens (tertiary/aromatic N) is 1. The Bertz CT molecular complexity index is 1130. The molecule has 2 amide bonds. The molecule has 0 bridgehead atoms. The highest BCUT2D eigenvalue weighted by atomic mass is 32.1. The Kier molecular flexibility index (Phi) is 5.08. The summed E-state index contributed by atoms with van der Waals surface area (Å²) in [6, 6.07) is 21.9. The van der Waals surface area contributed by atoms with Crippen molar-refractivity contribution in [3.8, 4) is 10.6 Å². The van der Waals surface area contributed by atoms with Crippen molar-refractivity contribution in [1.29, 1.82) is 0 Å². The summed E-state index contributed by atoms with van der Waals surface area (Å²) in [7, 11) is 0. The number of hydrogen-bond donors (Lipinski definition) is 2. The van der Waals surface area contributed by atoms with E-state index >= 15 is 0 Å². The van der Waals surface area contributed by atoms with Gasteiger partial charge in [-0.3, -0.25) is 0 Å². The third kappa shape index (κ3) is 4.21. The van der Waals surface area contributed by atoms with E-state index in [-0.39, 0.29) is 6.03 Å². The van der Waals surface area contributed by atoms with Gasteiger partial charge in [0.1, 0.15) is 5.01 Å². The molecule has 3 aromatic carbocycles. The molecule has 0 atom stereocenters. The van der Waals surface area contributed by atoms with Gasteiger partial charge in [-0.2, -0.15) is 0 Å². The third-order valence-corrected chi connectivity index (χ3v) is 5.54. The molecule has 4 nitrogen and oxygen atoms in total. The van der Waals surface area contributed by atoms with E-state index in [2.05, 4.69) is 41.8 Å². The molecule has 4 aromatic rings. The summed E-state index contributed by atoms with van der Waals surface area (Å²) in [6.07, 6.45) is 0. The molecular weight excluding hydrogens is 366 g/mol. The van der Waals surface area contributed by atoms with Gasteiger partial charge in [-0.15, -0.1) is 11.3 Å². The van der Waals surface area contributed by atoms with Crippen LogP contribution in [0.3, 0.4) is 0 Å². The number of aryl methyl sites for hydroxylation is 2. The lowest BCUT2D eigenvalue weighted by Gasteiger charge is -2.08. The van der Waals surface area contributed by atoms with Crippen molar-refractivity contribution in [2.24, 2.45) is 0 Å². The van der Waals surface area contributed by atoms with Crippen LogP contribution in [0.4, 0.5) is 10.5 Å². The van der Waals surface area contributed by atoms with E-state index in [1.165, 1.54) is 15.8 Å². The molecule has 4 rings (SSSR count). The minimum atomic E-state index is -0.218. The molecule has 0 saturated heterocycles. The summed E-state index contributed by atoms with van der Waals surface area (Å²) in [6.45, 7) is 4.62. The van der Waals surface area contributed by atoms with Gasteiger partial charge in [0.15, 0.2) is 0 Å². The Balaban J connectivity index is 1.40. The van der Waals surface area contributed by atoms with Gasteiger partial charge in [-0.05, 0) is 61.4 Å². The van der Waals surface area contributed by atoms with E-state index in [4.69, 9.17) is 4.98 Å². The lowest BCUT2D eigenvalue weighted by Crippen LogP contribution is -2.28. The highest BCUT2D eigenvalue weighted by Gasteiger charge is 2.07. The molecule has 0 fully saturated rings. The highest BCUT2D eigenvalue weighted by molar-refractivity contribution is 7.21. The van der Waals surface area contributed by atoms with Crippen LogP contribution in [0.25, 0.3) is 20.8 Å². The Labute approximate surface area is 168 Å². The molecule has 0 aliphatic carbocycles. The number of rotatable bonds is 4. The van der Waals surface area contributed by atoms with Crippen LogP contribution in [0.2, 0.25) is 0 Å². The normalized spacial score (nSPS) is 10.8. The average Bonchev–Trinajstić information content (AvgIpc) is 3.10. The van der Waals surface area contributed by atoms with Gasteiger partial charge in [0.2, 0.25) is 0 Å². The second kappa shape index (κ2) is 7.82. The quantitative estimate of drug-likeness (QED) is 0.458. The molecule has 1 heterocycles. The van der Waals surface area contributed by atoms with Gasteiger partial charge >= 0.3 is 6.03 Å². The second-order valence-corrected chi connectivity index (χ2v) is 7.89. The maximum absolute atomic E-state index is 12.1. The molecule has 0 radical (unpaired) electrons. The predicted octanol–water partition coefficient (Wildman–Crippen LogP) is 5.90. The molecule has 140 valence electrons. The zero-order valence-corrected chi connectivity index (χ0v) is 16.6. The predicted molar refractivity (Wildman–Crippen MR) is 117 cm³/mol. The SMILES string of the molecule is Cc1cccc(CNC(=O)Nc2ccc(-c3nc4ccc(C)cc4s3)cc2)c1. The van der Waals surface area contributed by atoms with E-state index in [1.54, 1.807) is 11.3 Å². The molecule has 5 heteroatoms. The van der Waals surface area contributed by atoms with Crippen molar-refractivity contribution >= 4 is 33.3 Å². The number of urea groups is 1. The largest absolute Gasteiger partial charge is 0.334 e. The first-order valence-electron chi connectivity index (χ1n) is 9.15. The fraction of sp³-hybridized carbons (Fsp3) is 0.130. The first-order valence-corrected chi connectivity index (χ1v) is 9.96. The third-order valence-electron chi connectivity index (χ3n) is 4.47. The van der Waals surface area contributed by atoms with Crippen molar-refractivity contribution in [1.82, 2.24) is 10.3 Å². The molecule has 0 aliphatic heterocycles. The number of fused-ring (bicyclic) bond motifs is 1. The van der Waals surface area contributed by atoms with Crippen LogP contribution in [0.5, 0.6) is 0 Å². The monoisotopic (exact) mass is 387 g/mol. The number of carbonyl (C=O) groups excluding carboxylic acids is 1. The Morgan fingerprint density at radius 1 is 0.964 bits per heavy atom. The number of anilines is 1. The molecule has 0 unspecified atom stereocenters.